The summed E-state index contributed by atoms with van der Waals surface area (Å²) in [5, 5.41) is 9.29. The number of esters is 2. The number of allylic oxidation sites excluding steroid dienone is 1. The summed E-state index contributed by atoms with van der Waals surface area (Å²) in [4.78, 5) is 21.8. The normalized spacial score (nSPS) is 12.4. The fourth-order valence-corrected chi connectivity index (χ4v) is 0.928. The number of carbonyl (C=O) groups is 2. The lowest BCUT2D eigenvalue weighted by Gasteiger charge is -2.09. The predicted molar refractivity (Wildman–Crippen MR) is 58.1 cm³/mol. The van der Waals surface area contributed by atoms with Crippen molar-refractivity contribution in [2.75, 3.05) is 19.1 Å². The van der Waals surface area contributed by atoms with Gasteiger partial charge in [0.2, 0.25) is 0 Å². The highest BCUT2D eigenvalue weighted by Crippen LogP contribution is 1.96. The van der Waals surface area contributed by atoms with Crippen molar-refractivity contribution in [2.45, 2.75) is 19.4 Å². The number of hydrogen-bond donors (Lipinski definition) is 1. The zero-order chi connectivity index (χ0) is 12.4. The van der Waals surface area contributed by atoms with Crippen molar-refractivity contribution in [1.82, 2.24) is 0 Å². The smallest absolute Gasteiger partial charge is 0.330 e. The minimum absolute atomic E-state index is 0.194. The lowest BCUT2D eigenvalue weighted by molar-refractivity contribution is -0.149. The van der Waals surface area contributed by atoms with E-state index >= 15 is 0 Å². The molecule has 0 aliphatic rings. The highest BCUT2D eigenvalue weighted by atomic mass is 35.5. The van der Waals surface area contributed by atoms with E-state index in [0.29, 0.717) is 0 Å². The molecule has 0 radical (unpaired) electrons. The molecule has 0 spiro atoms. The molecule has 0 bridgehead atoms. The summed E-state index contributed by atoms with van der Waals surface area (Å²) in [6.07, 6.45) is 1.33. The summed E-state index contributed by atoms with van der Waals surface area (Å²) in [5.41, 5.74) is 0. The van der Waals surface area contributed by atoms with Gasteiger partial charge in [0.05, 0.1) is 19.1 Å². The first-order valence-corrected chi connectivity index (χ1v) is 5.36. The average Bonchev–Trinajstić information content (AvgIpc) is 2.23. The molecular formula is C10H15ClO5. The fraction of sp³-hybridized carbons (Fsp3) is 0.600. The molecule has 16 heavy (non-hydrogen) atoms. The van der Waals surface area contributed by atoms with Gasteiger partial charge in [0.25, 0.3) is 0 Å². The number of ether oxygens (including phenoxy) is 2. The summed E-state index contributed by atoms with van der Waals surface area (Å²) >= 11 is 5.31. The lowest BCUT2D eigenvalue weighted by Crippen LogP contribution is -2.22. The van der Waals surface area contributed by atoms with Gasteiger partial charge in [0, 0.05) is 12.0 Å². The predicted octanol–water partition coefficient (Wildman–Crippen LogP) is 0.639. The fourth-order valence-electron chi connectivity index (χ4n) is 0.838. The molecule has 0 fully saturated rings. The second-order valence-corrected chi connectivity index (χ2v) is 3.16. The van der Waals surface area contributed by atoms with Crippen molar-refractivity contribution in [3.8, 4) is 0 Å². The molecule has 1 atom stereocenters. The van der Waals surface area contributed by atoms with Crippen LogP contribution in [0.4, 0.5) is 0 Å². The standard InChI is InChI=1S/C10H15ClO5/c1-2-15-10(14)6-8(12)7-16-9(13)4-3-5-11/h3-4,8,12H,2,5-7H2,1H3/b4-3+/t8-/m0/s1. The second kappa shape index (κ2) is 9.18. The van der Waals surface area contributed by atoms with Crippen molar-refractivity contribution >= 4 is 23.5 Å². The molecule has 0 heterocycles. The maximum Gasteiger partial charge on any atom is 0.330 e. The molecule has 0 aliphatic heterocycles. The minimum Gasteiger partial charge on any atom is -0.466 e. The Morgan fingerprint density at radius 1 is 1.44 bits per heavy atom. The van der Waals surface area contributed by atoms with E-state index < -0.39 is 18.0 Å². The summed E-state index contributed by atoms with van der Waals surface area (Å²) in [7, 11) is 0. The zero-order valence-electron chi connectivity index (χ0n) is 9.02. The van der Waals surface area contributed by atoms with Gasteiger partial charge >= 0.3 is 11.9 Å². The molecule has 0 aromatic carbocycles. The first-order chi connectivity index (χ1) is 7.60. The van der Waals surface area contributed by atoms with Crippen LogP contribution >= 0.6 is 11.6 Å². The third-order valence-electron chi connectivity index (χ3n) is 1.47. The molecule has 0 rings (SSSR count). The minimum atomic E-state index is -1.05. The van der Waals surface area contributed by atoms with E-state index in [1.54, 1.807) is 6.92 Å². The van der Waals surface area contributed by atoms with Gasteiger partial charge in [-0.05, 0) is 6.92 Å². The van der Waals surface area contributed by atoms with Crippen LogP contribution in [-0.2, 0) is 19.1 Å². The van der Waals surface area contributed by atoms with Crippen LogP contribution in [0.2, 0.25) is 0 Å². The monoisotopic (exact) mass is 250 g/mol. The van der Waals surface area contributed by atoms with E-state index in [9.17, 15) is 14.7 Å². The molecule has 6 heteroatoms. The number of aliphatic hydroxyl groups is 1. The molecule has 0 saturated carbocycles. The molecule has 0 amide bonds. The van der Waals surface area contributed by atoms with Gasteiger partial charge in [-0.2, -0.15) is 0 Å². The maximum atomic E-state index is 10.9. The van der Waals surface area contributed by atoms with Gasteiger partial charge < -0.3 is 14.6 Å². The number of halogens is 1. The maximum absolute atomic E-state index is 10.9. The molecule has 0 aliphatic carbocycles. The quantitative estimate of drug-likeness (QED) is 0.408. The van der Waals surface area contributed by atoms with Crippen LogP contribution in [0, 0.1) is 0 Å². The Morgan fingerprint density at radius 2 is 2.12 bits per heavy atom. The third-order valence-corrected chi connectivity index (χ3v) is 1.65. The van der Waals surface area contributed by atoms with Crippen molar-refractivity contribution in [3.63, 3.8) is 0 Å². The van der Waals surface area contributed by atoms with Gasteiger partial charge in [-0.1, -0.05) is 6.08 Å². The van der Waals surface area contributed by atoms with E-state index in [-0.39, 0.29) is 25.5 Å². The highest BCUT2D eigenvalue weighted by Gasteiger charge is 2.13. The molecule has 92 valence electrons. The average molecular weight is 251 g/mol. The summed E-state index contributed by atoms with van der Waals surface area (Å²) in [5.74, 6) is -0.925. The van der Waals surface area contributed by atoms with Gasteiger partial charge in [-0.3, -0.25) is 4.79 Å². The van der Waals surface area contributed by atoms with E-state index in [1.807, 2.05) is 0 Å². The SMILES string of the molecule is CCOC(=O)C[C@H](O)COC(=O)/C=C/CCl. The van der Waals surface area contributed by atoms with Gasteiger partial charge in [0.1, 0.15) is 6.61 Å². The van der Waals surface area contributed by atoms with Crippen molar-refractivity contribution in [3.05, 3.63) is 12.2 Å². The zero-order valence-corrected chi connectivity index (χ0v) is 9.77. The van der Waals surface area contributed by atoms with Crippen LogP contribution in [0.25, 0.3) is 0 Å². The van der Waals surface area contributed by atoms with Crippen LogP contribution in [0.5, 0.6) is 0 Å². The van der Waals surface area contributed by atoms with Crippen LogP contribution in [0.3, 0.4) is 0 Å². The molecule has 5 nitrogen and oxygen atoms in total. The number of aliphatic hydroxyl groups excluding tert-OH is 1. The van der Waals surface area contributed by atoms with Gasteiger partial charge in [0.15, 0.2) is 0 Å². The number of rotatable bonds is 7. The second-order valence-electron chi connectivity index (χ2n) is 2.85. The van der Waals surface area contributed by atoms with E-state index in [2.05, 4.69) is 9.47 Å². The Morgan fingerprint density at radius 3 is 2.69 bits per heavy atom. The summed E-state index contributed by atoms with van der Waals surface area (Å²) in [6.45, 7) is 1.68. The van der Waals surface area contributed by atoms with E-state index in [4.69, 9.17) is 11.6 Å². The first kappa shape index (κ1) is 14.9. The largest absolute Gasteiger partial charge is 0.466 e. The van der Waals surface area contributed by atoms with Crippen LogP contribution in [-0.4, -0.2) is 42.2 Å². The van der Waals surface area contributed by atoms with Crippen molar-refractivity contribution in [2.24, 2.45) is 0 Å². The lowest BCUT2D eigenvalue weighted by atomic mass is 10.3. The van der Waals surface area contributed by atoms with Gasteiger partial charge in [-0.25, -0.2) is 4.79 Å². The Bertz CT molecular complexity index is 252. The van der Waals surface area contributed by atoms with Crippen LogP contribution in [0.15, 0.2) is 12.2 Å². The van der Waals surface area contributed by atoms with Crippen LogP contribution < -0.4 is 0 Å². The van der Waals surface area contributed by atoms with Crippen molar-refractivity contribution in [1.29, 1.82) is 0 Å². The van der Waals surface area contributed by atoms with Crippen LogP contribution in [0.1, 0.15) is 13.3 Å². The van der Waals surface area contributed by atoms with Gasteiger partial charge in [-0.15, -0.1) is 11.6 Å². The molecule has 0 unspecified atom stereocenters. The third kappa shape index (κ3) is 8.26. The first-order valence-electron chi connectivity index (χ1n) is 4.83. The molecule has 0 aromatic heterocycles. The van der Waals surface area contributed by atoms with E-state index in [1.165, 1.54) is 6.08 Å². The van der Waals surface area contributed by atoms with Crippen molar-refractivity contribution < 1.29 is 24.2 Å². The molecular weight excluding hydrogens is 236 g/mol. The Kier molecular flexibility index (Phi) is 8.56. The van der Waals surface area contributed by atoms with E-state index in [0.717, 1.165) is 6.08 Å². The summed E-state index contributed by atoms with van der Waals surface area (Å²) < 4.78 is 9.26. The highest BCUT2D eigenvalue weighted by molar-refractivity contribution is 6.19. The Balaban J connectivity index is 3.72. The number of hydrogen-bond acceptors (Lipinski definition) is 5. The molecule has 0 aromatic rings. The molecule has 0 saturated heterocycles. The Labute approximate surface area is 99.0 Å². The molecule has 1 N–H and O–H groups in total. The Hall–Kier alpha value is -1.07. The number of carbonyl (C=O) groups excluding carboxylic acids is 2. The topological polar surface area (TPSA) is 72.8 Å². The summed E-state index contributed by atoms with van der Waals surface area (Å²) in [6, 6.07) is 0. The number of alkyl halides is 1.